The Morgan fingerprint density at radius 3 is 2.39 bits per heavy atom. The van der Waals surface area contributed by atoms with Crippen molar-refractivity contribution in [2.45, 2.75) is 39.5 Å². The summed E-state index contributed by atoms with van der Waals surface area (Å²) in [5.41, 5.74) is 4.46. The SMILES string of the molecule is CCc1ccccc1NC(=O)CCNc1ccc(C(C)C)cc1. The van der Waals surface area contributed by atoms with Crippen molar-refractivity contribution in [3.05, 3.63) is 59.7 Å². The minimum absolute atomic E-state index is 0.0391. The summed E-state index contributed by atoms with van der Waals surface area (Å²) in [7, 11) is 0. The molecular weight excluding hydrogens is 284 g/mol. The molecule has 0 saturated carbocycles. The van der Waals surface area contributed by atoms with Gasteiger partial charge in [0.15, 0.2) is 0 Å². The van der Waals surface area contributed by atoms with E-state index in [0.717, 1.165) is 23.4 Å². The molecule has 0 fully saturated rings. The molecule has 23 heavy (non-hydrogen) atoms. The molecular formula is C20H26N2O. The lowest BCUT2D eigenvalue weighted by molar-refractivity contribution is -0.115. The molecule has 0 atom stereocenters. The van der Waals surface area contributed by atoms with Gasteiger partial charge in [-0.05, 0) is 41.7 Å². The number of nitrogens with one attached hydrogen (secondary N) is 2. The van der Waals surface area contributed by atoms with E-state index in [1.807, 2.05) is 24.3 Å². The first-order valence-electron chi connectivity index (χ1n) is 8.31. The molecule has 1 amide bonds. The molecule has 0 saturated heterocycles. The number of carbonyl (C=O) groups is 1. The van der Waals surface area contributed by atoms with Crippen molar-refractivity contribution in [1.82, 2.24) is 0 Å². The van der Waals surface area contributed by atoms with Crippen LogP contribution < -0.4 is 10.6 Å². The van der Waals surface area contributed by atoms with Crippen LogP contribution in [0.5, 0.6) is 0 Å². The van der Waals surface area contributed by atoms with Crippen LogP contribution in [0.2, 0.25) is 0 Å². The van der Waals surface area contributed by atoms with Gasteiger partial charge in [-0.2, -0.15) is 0 Å². The van der Waals surface area contributed by atoms with Crippen molar-refractivity contribution in [2.75, 3.05) is 17.2 Å². The van der Waals surface area contributed by atoms with Crippen LogP contribution in [0.4, 0.5) is 11.4 Å². The first-order chi connectivity index (χ1) is 11.1. The molecule has 0 unspecified atom stereocenters. The van der Waals surface area contributed by atoms with Crippen molar-refractivity contribution < 1.29 is 4.79 Å². The fraction of sp³-hybridized carbons (Fsp3) is 0.350. The van der Waals surface area contributed by atoms with Gasteiger partial charge in [-0.1, -0.05) is 51.1 Å². The number of amides is 1. The van der Waals surface area contributed by atoms with E-state index >= 15 is 0 Å². The summed E-state index contributed by atoms with van der Waals surface area (Å²) in [5, 5.41) is 6.29. The van der Waals surface area contributed by atoms with E-state index < -0.39 is 0 Å². The van der Waals surface area contributed by atoms with Crippen LogP contribution >= 0.6 is 0 Å². The van der Waals surface area contributed by atoms with Crippen LogP contribution in [0.25, 0.3) is 0 Å². The Hall–Kier alpha value is -2.29. The Morgan fingerprint density at radius 1 is 1.04 bits per heavy atom. The third-order valence-electron chi connectivity index (χ3n) is 3.93. The fourth-order valence-corrected chi connectivity index (χ4v) is 2.47. The maximum atomic E-state index is 12.1. The van der Waals surface area contributed by atoms with E-state index in [1.165, 1.54) is 5.56 Å². The smallest absolute Gasteiger partial charge is 0.226 e. The van der Waals surface area contributed by atoms with Crippen molar-refractivity contribution in [1.29, 1.82) is 0 Å². The molecule has 0 aliphatic heterocycles. The molecule has 0 heterocycles. The number of para-hydroxylation sites is 1. The zero-order chi connectivity index (χ0) is 16.7. The lowest BCUT2D eigenvalue weighted by Crippen LogP contribution is -2.17. The first-order valence-corrected chi connectivity index (χ1v) is 8.31. The molecule has 0 aromatic heterocycles. The Kier molecular flexibility index (Phi) is 6.21. The van der Waals surface area contributed by atoms with Crippen LogP contribution in [-0.2, 0) is 11.2 Å². The van der Waals surface area contributed by atoms with Gasteiger partial charge in [0.1, 0.15) is 0 Å². The van der Waals surface area contributed by atoms with Crippen LogP contribution in [0.15, 0.2) is 48.5 Å². The van der Waals surface area contributed by atoms with Crippen LogP contribution in [0, 0.1) is 0 Å². The van der Waals surface area contributed by atoms with E-state index in [0.29, 0.717) is 18.9 Å². The Morgan fingerprint density at radius 2 is 1.74 bits per heavy atom. The third-order valence-corrected chi connectivity index (χ3v) is 3.93. The highest BCUT2D eigenvalue weighted by Crippen LogP contribution is 2.17. The highest BCUT2D eigenvalue weighted by molar-refractivity contribution is 5.91. The van der Waals surface area contributed by atoms with Gasteiger partial charge in [0.2, 0.25) is 5.91 Å². The standard InChI is InChI=1S/C20H26N2O/c1-4-16-7-5-6-8-19(16)22-20(23)13-14-21-18-11-9-17(10-12-18)15(2)3/h5-12,15,21H,4,13-14H2,1-3H3,(H,22,23). The van der Waals surface area contributed by atoms with Crippen molar-refractivity contribution in [3.63, 3.8) is 0 Å². The zero-order valence-corrected chi connectivity index (χ0v) is 14.2. The van der Waals surface area contributed by atoms with E-state index in [9.17, 15) is 4.79 Å². The Labute approximate surface area is 139 Å². The highest BCUT2D eigenvalue weighted by atomic mass is 16.1. The van der Waals surface area contributed by atoms with Gasteiger partial charge >= 0.3 is 0 Å². The van der Waals surface area contributed by atoms with Crippen molar-refractivity contribution in [3.8, 4) is 0 Å². The number of carbonyl (C=O) groups excluding carboxylic acids is 1. The largest absolute Gasteiger partial charge is 0.385 e. The summed E-state index contributed by atoms with van der Waals surface area (Å²) in [5.74, 6) is 0.575. The summed E-state index contributed by atoms with van der Waals surface area (Å²) in [6, 6.07) is 16.3. The molecule has 2 aromatic carbocycles. The van der Waals surface area contributed by atoms with Crippen LogP contribution in [0.1, 0.15) is 44.2 Å². The predicted molar refractivity (Wildman–Crippen MR) is 98.1 cm³/mol. The zero-order valence-electron chi connectivity index (χ0n) is 14.2. The van der Waals surface area contributed by atoms with Crippen molar-refractivity contribution >= 4 is 17.3 Å². The Balaban J connectivity index is 1.80. The maximum absolute atomic E-state index is 12.1. The molecule has 0 radical (unpaired) electrons. The molecule has 3 heteroatoms. The molecule has 122 valence electrons. The average Bonchev–Trinajstić information content (AvgIpc) is 2.56. The summed E-state index contributed by atoms with van der Waals surface area (Å²) in [6.45, 7) is 7.08. The average molecular weight is 310 g/mol. The Bertz CT molecular complexity index is 632. The molecule has 0 aliphatic carbocycles. The van der Waals surface area contributed by atoms with Gasteiger partial charge in [-0.3, -0.25) is 4.79 Å². The molecule has 0 spiro atoms. The summed E-state index contributed by atoms with van der Waals surface area (Å²) in [4.78, 5) is 12.1. The third kappa shape index (κ3) is 5.13. The topological polar surface area (TPSA) is 41.1 Å². The van der Waals surface area contributed by atoms with E-state index in [1.54, 1.807) is 0 Å². The minimum atomic E-state index is 0.0391. The number of hydrogen-bond acceptors (Lipinski definition) is 2. The van der Waals surface area contributed by atoms with E-state index in [2.05, 4.69) is 55.7 Å². The first kappa shape index (κ1) is 17.1. The normalized spacial score (nSPS) is 10.6. The van der Waals surface area contributed by atoms with Gasteiger partial charge < -0.3 is 10.6 Å². The second-order valence-corrected chi connectivity index (χ2v) is 6.01. The molecule has 0 bridgehead atoms. The van der Waals surface area contributed by atoms with E-state index in [4.69, 9.17) is 0 Å². The number of aryl methyl sites for hydroxylation is 1. The molecule has 2 rings (SSSR count). The summed E-state index contributed by atoms with van der Waals surface area (Å²) < 4.78 is 0. The number of benzene rings is 2. The highest BCUT2D eigenvalue weighted by Gasteiger charge is 2.05. The summed E-state index contributed by atoms with van der Waals surface area (Å²) in [6.07, 6.45) is 1.36. The lowest BCUT2D eigenvalue weighted by Gasteiger charge is -2.11. The predicted octanol–water partition coefficient (Wildman–Crippen LogP) is 4.81. The quantitative estimate of drug-likeness (QED) is 0.770. The van der Waals surface area contributed by atoms with Crippen LogP contribution in [-0.4, -0.2) is 12.5 Å². The summed E-state index contributed by atoms with van der Waals surface area (Å²) >= 11 is 0. The fourth-order valence-electron chi connectivity index (χ4n) is 2.47. The monoisotopic (exact) mass is 310 g/mol. The van der Waals surface area contributed by atoms with E-state index in [-0.39, 0.29) is 5.91 Å². The van der Waals surface area contributed by atoms with Gasteiger partial charge in [-0.25, -0.2) is 0 Å². The number of anilines is 2. The van der Waals surface area contributed by atoms with Crippen LogP contribution in [0.3, 0.4) is 0 Å². The lowest BCUT2D eigenvalue weighted by atomic mass is 10.0. The van der Waals surface area contributed by atoms with Gasteiger partial charge in [-0.15, -0.1) is 0 Å². The van der Waals surface area contributed by atoms with Gasteiger partial charge in [0, 0.05) is 24.3 Å². The van der Waals surface area contributed by atoms with Gasteiger partial charge in [0.25, 0.3) is 0 Å². The second-order valence-electron chi connectivity index (χ2n) is 6.01. The number of rotatable bonds is 7. The van der Waals surface area contributed by atoms with Gasteiger partial charge in [0.05, 0.1) is 0 Å². The molecule has 2 aromatic rings. The number of hydrogen-bond donors (Lipinski definition) is 2. The molecule has 0 aliphatic rings. The maximum Gasteiger partial charge on any atom is 0.226 e. The second kappa shape index (κ2) is 8.37. The molecule has 3 nitrogen and oxygen atoms in total. The minimum Gasteiger partial charge on any atom is -0.385 e. The van der Waals surface area contributed by atoms with Crippen molar-refractivity contribution in [2.24, 2.45) is 0 Å². The molecule has 2 N–H and O–H groups in total.